The molecule has 5 nitrogen and oxygen atoms in total. The zero-order valence-corrected chi connectivity index (χ0v) is 11.4. The molecule has 0 amide bonds. The van der Waals surface area contributed by atoms with Gasteiger partial charge in [0.25, 0.3) is 5.69 Å². The summed E-state index contributed by atoms with van der Waals surface area (Å²) < 4.78 is 0. The summed E-state index contributed by atoms with van der Waals surface area (Å²) >= 11 is 5.98. The smallest absolute Gasteiger partial charge is 0.275 e. The minimum atomic E-state index is -0.400. The molecule has 6 heteroatoms. The fourth-order valence-corrected chi connectivity index (χ4v) is 1.86. The van der Waals surface area contributed by atoms with E-state index in [1.165, 1.54) is 6.07 Å². The van der Waals surface area contributed by atoms with Crippen LogP contribution in [0.4, 0.5) is 5.69 Å². The molecule has 0 atom stereocenters. The molecule has 100 valence electrons. The maximum Gasteiger partial charge on any atom is 0.275 e. The maximum atomic E-state index is 10.9. The van der Waals surface area contributed by atoms with Crippen molar-refractivity contribution in [3.63, 3.8) is 0 Å². The van der Waals surface area contributed by atoms with Gasteiger partial charge in [0, 0.05) is 12.6 Å². The van der Waals surface area contributed by atoms with E-state index in [4.69, 9.17) is 11.6 Å². The van der Waals surface area contributed by atoms with E-state index in [9.17, 15) is 10.1 Å². The molecular weight excluding hydrogens is 254 g/mol. The Bertz CT molecular complexity index is 410. The minimum Gasteiger partial charge on any atom is -0.312 e. The van der Waals surface area contributed by atoms with Crippen molar-refractivity contribution in [3.8, 4) is 0 Å². The number of benzene rings is 1. The monoisotopic (exact) mass is 271 g/mol. The third kappa shape index (κ3) is 4.60. The molecule has 0 bridgehead atoms. The van der Waals surface area contributed by atoms with Crippen LogP contribution < -0.4 is 5.32 Å². The fraction of sp³-hybridized carbons (Fsp3) is 0.500. The van der Waals surface area contributed by atoms with E-state index >= 15 is 0 Å². The molecule has 1 N–H and O–H groups in total. The lowest BCUT2D eigenvalue weighted by Gasteiger charge is -2.10. The second-order valence-corrected chi connectivity index (χ2v) is 4.74. The summed E-state index contributed by atoms with van der Waals surface area (Å²) in [5.74, 6) is 0. The van der Waals surface area contributed by atoms with Crippen LogP contribution in [0.5, 0.6) is 0 Å². The summed E-state index contributed by atoms with van der Waals surface area (Å²) in [6.45, 7) is 2.21. The van der Waals surface area contributed by atoms with Crippen molar-refractivity contribution in [1.82, 2.24) is 10.2 Å². The Morgan fingerprint density at radius 2 is 2.17 bits per heavy atom. The zero-order valence-electron chi connectivity index (χ0n) is 10.6. The van der Waals surface area contributed by atoms with Gasteiger partial charge in [-0.25, -0.2) is 0 Å². The predicted octanol–water partition coefficient (Wildman–Crippen LogP) is 2.29. The number of hydrogen-bond donors (Lipinski definition) is 1. The normalized spacial score (nSPS) is 10.9. The Balaban J connectivity index is 2.53. The van der Waals surface area contributed by atoms with Gasteiger partial charge in [0.05, 0.1) is 15.5 Å². The van der Waals surface area contributed by atoms with Crippen LogP contribution in [-0.4, -0.2) is 37.0 Å². The van der Waals surface area contributed by atoms with Gasteiger partial charge in [0.1, 0.15) is 0 Å². The number of nitrogens with zero attached hydrogens (tertiary/aromatic N) is 2. The molecule has 0 saturated heterocycles. The highest BCUT2D eigenvalue weighted by atomic mass is 35.5. The fourth-order valence-electron chi connectivity index (χ4n) is 1.63. The van der Waals surface area contributed by atoms with E-state index in [0.29, 0.717) is 17.1 Å². The van der Waals surface area contributed by atoms with Crippen molar-refractivity contribution in [3.05, 3.63) is 38.9 Å². The van der Waals surface area contributed by atoms with Crippen LogP contribution in [0.25, 0.3) is 0 Å². The first kappa shape index (κ1) is 14.9. The first-order valence-electron chi connectivity index (χ1n) is 5.79. The molecule has 0 unspecified atom stereocenters. The predicted molar refractivity (Wildman–Crippen MR) is 73.0 cm³/mol. The van der Waals surface area contributed by atoms with Gasteiger partial charge in [-0.05, 0) is 39.7 Å². The largest absolute Gasteiger partial charge is 0.312 e. The van der Waals surface area contributed by atoms with E-state index in [-0.39, 0.29) is 5.69 Å². The third-order valence-electron chi connectivity index (χ3n) is 2.55. The van der Waals surface area contributed by atoms with Crippen molar-refractivity contribution in [2.45, 2.75) is 13.0 Å². The van der Waals surface area contributed by atoms with Crippen LogP contribution in [0.2, 0.25) is 5.02 Å². The summed E-state index contributed by atoms with van der Waals surface area (Å²) in [5, 5.41) is 14.5. The highest BCUT2D eigenvalue weighted by Gasteiger charge is 2.15. The number of rotatable bonds is 7. The van der Waals surface area contributed by atoms with Crippen molar-refractivity contribution >= 4 is 17.3 Å². The molecule has 1 aromatic carbocycles. The average Bonchev–Trinajstić information content (AvgIpc) is 2.29. The summed E-state index contributed by atoms with van der Waals surface area (Å²) in [7, 11) is 4.03. The topological polar surface area (TPSA) is 58.4 Å². The first-order chi connectivity index (χ1) is 8.52. The molecule has 0 aliphatic heterocycles. The van der Waals surface area contributed by atoms with Crippen molar-refractivity contribution in [1.29, 1.82) is 0 Å². The Morgan fingerprint density at radius 3 is 2.78 bits per heavy atom. The lowest BCUT2D eigenvalue weighted by atomic mass is 10.2. The van der Waals surface area contributed by atoms with E-state index in [1.54, 1.807) is 12.1 Å². The first-order valence-corrected chi connectivity index (χ1v) is 6.17. The highest BCUT2D eigenvalue weighted by Crippen LogP contribution is 2.25. The Labute approximate surface area is 112 Å². The average molecular weight is 272 g/mol. The number of nitrogens with one attached hydrogen (secondary N) is 1. The Morgan fingerprint density at radius 1 is 1.44 bits per heavy atom. The molecule has 0 saturated carbocycles. The van der Waals surface area contributed by atoms with E-state index in [0.717, 1.165) is 19.5 Å². The third-order valence-corrected chi connectivity index (χ3v) is 2.91. The molecule has 0 spiro atoms. The summed E-state index contributed by atoms with van der Waals surface area (Å²) in [6, 6.07) is 4.74. The molecule has 1 aromatic rings. The molecule has 0 fully saturated rings. The molecule has 0 aliphatic rings. The standard InChI is InChI=1S/C12H18ClN3O2/c1-15(2)8-4-7-14-9-10-11(13)5-3-6-12(10)16(17)18/h3,5-6,14H,4,7-9H2,1-2H3. The Kier molecular flexibility index (Phi) is 6.04. The van der Waals surface area contributed by atoms with Gasteiger partial charge in [0.2, 0.25) is 0 Å². The van der Waals surface area contributed by atoms with Crippen LogP contribution in [0.1, 0.15) is 12.0 Å². The van der Waals surface area contributed by atoms with Crippen LogP contribution >= 0.6 is 11.6 Å². The van der Waals surface area contributed by atoms with Gasteiger partial charge < -0.3 is 10.2 Å². The number of nitro groups is 1. The molecule has 18 heavy (non-hydrogen) atoms. The lowest BCUT2D eigenvalue weighted by molar-refractivity contribution is -0.385. The van der Waals surface area contributed by atoms with Crippen LogP contribution in [-0.2, 0) is 6.54 Å². The van der Waals surface area contributed by atoms with Gasteiger partial charge in [0.15, 0.2) is 0 Å². The van der Waals surface area contributed by atoms with E-state index in [2.05, 4.69) is 10.2 Å². The van der Waals surface area contributed by atoms with Crippen LogP contribution in [0.15, 0.2) is 18.2 Å². The number of halogens is 1. The molecule has 0 radical (unpaired) electrons. The summed E-state index contributed by atoms with van der Waals surface area (Å²) in [6.07, 6.45) is 0.991. The number of hydrogen-bond acceptors (Lipinski definition) is 4. The van der Waals surface area contributed by atoms with Crippen LogP contribution in [0.3, 0.4) is 0 Å². The molecule has 0 aliphatic carbocycles. The SMILES string of the molecule is CN(C)CCCNCc1c(Cl)cccc1[N+](=O)[O-]. The minimum absolute atomic E-state index is 0.0719. The molecule has 0 aromatic heterocycles. The molecule has 0 heterocycles. The van der Waals surface area contributed by atoms with Gasteiger partial charge in [-0.2, -0.15) is 0 Å². The number of nitro benzene ring substituents is 1. The van der Waals surface area contributed by atoms with Gasteiger partial charge in [-0.3, -0.25) is 10.1 Å². The quantitative estimate of drug-likeness (QED) is 0.470. The van der Waals surface area contributed by atoms with Crippen molar-refractivity contribution in [2.75, 3.05) is 27.2 Å². The maximum absolute atomic E-state index is 10.9. The summed E-state index contributed by atoms with van der Waals surface area (Å²) in [5.41, 5.74) is 0.622. The van der Waals surface area contributed by atoms with Crippen molar-refractivity contribution < 1.29 is 4.92 Å². The van der Waals surface area contributed by atoms with Gasteiger partial charge in [-0.15, -0.1) is 0 Å². The van der Waals surface area contributed by atoms with E-state index < -0.39 is 4.92 Å². The van der Waals surface area contributed by atoms with Gasteiger partial charge >= 0.3 is 0 Å². The second kappa shape index (κ2) is 7.31. The second-order valence-electron chi connectivity index (χ2n) is 4.33. The van der Waals surface area contributed by atoms with E-state index in [1.807, 2.05) is 14.1 Å². The highest BCUT2D eigenvalue weighted by molar-refractivity contribution is 6.31. The lowest BCUT2D eigenvalue weighted by Crippen LogP contribution is -2.21. The summed E-state index contributed by atoms with van der Waals surface area (Å²) in [4.78, 5) is 12.6. The van der Waals surface area contributed by atoms with Crippen molar-refractivity contribution in [2.24, 2.45) is 0 Å². The van der Waals surface area contributed by atoms with Gasteiger partial charge in [-0.1, -0.05) is 17.7 Å². The Hall–Kier alpha value is -1.17. The zero-order chi connectivity index (χ0) is 13.5. The molecule has 1 rings (SSSR count). The molecular formula is C12H18ClN3O2. The van der Waals surface area contributed by atoms with Crippen LogP contribution in [0, 0.1) is 10.1 Å².